The zero-order valence-corrected chi connectivity index (χ0v) is 14.8. The summed E-state index contributed by atoms with van der Waals surface area (Å²) in [6.45, 7) is 11.8. The second kappa shape index (κ2) is 6.67. The monoisotopic (exact) mass is 312 g/mol. The van der Waals surface area contributed by atoms with Gasteiger partial charge < -0.3 is 5.32 Å². The molecule has 21 heavy (non-hydrogen) atoms. The highest BCUT2D eigenvalue weighted by molar-refractivity contribution is 6.30. The molecular formula is C16H29ClN4. The van der Waals surface area contributed by atoms with E-state index in [-0.39, 0.29) is 5.54 Å². The summed E-state index contributed by atoms with van der Waals surface area (Å²) >= 11 is 6.39. The molecule has 5 heteroatoms. The minimum atomic E-state index is 0.172. The molecule has 1 atom stereocenters. The van der Waals surface area contributed by atoms with Crippen LogP contribution in [0.25, 0.3) is 0 Å². The van der Waals surface area contributed by atoms with Crippen molar-refractivity contribution in [2.24, 2.45) is 7.05 Å². The van der Waals surface area contributed by atoms with Gasteiger partial charge in [0.25, 0.3) is 0 Å². The van der Waals surface area contributed by atoms with Crippen LogP contribution in [0, 0.1) is 6.92 Å². The van der Waals surface area contributed by atoms with Gasteiger partial charge in [-0.1, -0.05) is 18.0 Å². The highest BCUT2D eigenvalue weighted by Crippen LogP contribution is 2.25. The third-order valence-electron chi connectivity index (χ3n) is 4.25. The molecule has 0 aromatic carbocycles. The van der Waals surface area contributed by atoms with E-state index >= 15 is 0 Å². The lowest BCUT2D eigenvalue weighted by Crippen LogP contribution is -2.49. The highest BCUT2D eigenvalue weighted by Gasteiger charge is 2.25. The lowest BCUT2D eigenvalue weighted by Gasteiger charge is -2.37. The van der Waals surface area contributed by atoms with Crippen LogP contribution < -0.4 is 5.32 Å². The fourth-order valence-corrected chi connectivity index (χ4v) is 3.21. The number of likely N-dealkylation sites (tertiary alicyclic amines) is 1. The van der Waals surface area contributed by atoms with Crippen LogP contribution in [-0.2, 0) is 13.6 Å². The Kier molecular flexibility index (Phi) is 5.33. The van der Waals surface area contributed by atoms with E-state index in [1.807, 2.05) is 14.0 Å². The van der Waals surface area contributed by atoms with Gasteiger partial charge in [0.1, 0.15) is 5.15 Å². The predicted molar refractivity (Wildman–Crippen MR) is 88.8 cm³/mol. The molecule has 1 saturated heterocycles. The van der Waals surface area contributed by atoms with Crippen molar-refractivity contribution < 1.29 is 0 Å². The van der Waals surface area contributed by atoms with E-state index < -0.39 is 0 Å². The maximum absolute atomic E-state index is 6.39. The van der Waals surface area contributed by atoms with Crippen LogP contribution in [0.4, 0.5) is 0 Å². The molecule has 0 aliphatic carbocycles. The van der Waals surface area contributed by atoms with Gasteiger partial charge in [0.05, 0.1) is 5.69 Å². The topological polar surface area (TPSA) is 33.1 Å². The van der Waals surface area contributed by atoms with E-state index in [0.717, 1.165) is 30.5 Å². The summed E-state index contributed by atoms with van der Waals surface area (Å²) in [7, 11) is 1.91. The van der Waals surface area contributed by atoms with Gasteiger partial charge in [-0.15, -0.1) is 0 Å². The van der Waals surface area contributed by atoms with Crippen molar-refractivity contribution >= 4 is 11.6 Å². The molecule has 120 valence electrons. The van der Waals surface area contributed by atoms with Crippen LogP contribution in [0.15, 0.2) is 0 Å². The molecule has 1 fully saturated rings. The Morgan fingerprint density at radius 2 is 2.05 bits per heavy atom. The molecule has 1 aromatic rings. The van der Waals surface area contributed by atoms with E-state index in [4.69, 9.17) is 11.6 Å². The third-order valence-corrected chi connectivity index (χ3v) is 4.72. The molecule has 1 aliphatic heterocycles. The van der Waals surface area contributed by atoms with Crippen molar-refractivity contribution in [1.29, 1.82) is 0 Å². The number of piperidine rings is 1. The van der Waals surface area contributed by atoms with Gasteiger partial charge >= 0.3 is 0 Å². The van der Waals surface area contributed by atoms with Crippen molar-refractivity contribution in [2.45, 2.75) is 65.1 Å². The summed E-state index contributed by atoms with van der Waals surface area (Å²) < 4.78 is 1.78. The first-order valence-electron chi connectivity index (χ1n) is 7.95. The van der Waals surface area contributed by atoms with Gasteiger partial charge in [0.15, 0.2) is 0 Å². The molecule has 1 N–H and O–H groups in total. The maximum atomic E-state index is 6.39. The van der Waals surface area contributed by atoms with E-state index in [2.05, 4.69) is 36.1 Å². The molecule has 0 saturated carbocycles. The standard InChI is InChI=1S/C16H29ClN4/c1-12-14(15(17)20(5)19-12)11-21-9-7-6-8-13(21)10-18-16(2,3)4/h13,18H,6-11H2,1-5H3. The molecule has 4 nitrogen and oxygen atoms in total. The van der Waals surface area contributed by atoms with Crippen molar-refractivity contribution in [3.05, 3.63) is 16.4 Å². The molecule has 1 aliphatic rings. The molecule has 0 radical (unpaired) electrons. The number of hydrogen-bond acceptors (Lipinski definition) is 3. The number of rotatable bonds is 4. The molecule has 1 aromatic heterocycles. The predicted octanol–water partition coefficient (Wildman–Crippen LogP) is 3.12. The zero-order valence-electron chi connectivity index (χ0n) is 14.0. The second-order valence-electron chi connectivity index (χ2n) is 7.23. The van der Waals surface area contributed by atoms with Gasteiger partial charge in [-0.25, -0.2) is 0 Å². The normalized spacial score (nSPS) is 21.0. The van der Waals surface area contributed by atoms with Gasteiger partial charge in [-0.05, 0) is 47.1 Å². The average molecular weight is 313 g/mol. The van der Waals surface area contributed by atoms with E-state index in [0.29, 0.717) is 6.04 Å². The molecule has 2 rings (SSSR count). The van der Waals surface area contributed by atoms with Crippen LogP contribution >= 0.6 is 11.6 Å². The first kappa shape index (κ1) is 16.8. The molecular weight excluding hydrogens is 284 g/mol. The lowest BCUT2D eigenvalue weighted by atomic mass is 9.99. The largest absolute Gasteiger partial charge is 0.311 e. The highest BCUT2D eigenvalue weighted by atomic mass is 35.5. The summed E-state index contributed by atoms with van der Waals surface area (Å²) in [6.07, 6.45) is 3.87. The number of nitrogens with zero attached hydrogens (tertiary/aromatic N) is 3. The first-order chi connectivity index (χ1) is 9.78. The van der Waals surface area contributed by atoms with Crippen molar-refractivity contribution in [3.63, 3.8) is 0 Å². The summed E-state index contributed by atoms with van der Waals surface area (Å²) in [5.74, 6) is 0. The van der Waals surface area contributed by atoms with Crippen LogP contribution in [0.2, 0.25) is 5.15 Å². The zero-order chi connectivity index (χ0) is 15.6. The number of nitrogens with one attached hydrogen (secondary N) is 1. The van der Waals surface area contributed by atoms with Gasteiger partial charge in [-0.3, -0.25) is 9.58 Å². The van der Waals surface area contributed by atoms with Gasteiger partial charge in [0.2, 0.25) is 0 Å². The Labute approximate surface area is 133 Å². The summed E-state index contributed by atoms with van der Waals surface area (Å²) in [5.41, 5.74) is 2.41. The quantitative estimate of drug-likeness (QED) is 0.927. The minimum absolute atomic E-state index is 0.172. The Hall–Kier alpha value is -0.580. The van der Waals surface area contributed by atoms with Crippen LogP contribution in [0.1, 0.15) is 51.3 Å². The molecule has 2 heterocycles. The fourth-order valence-electron chi connectivity index (χ4n) is 2.98. The van der Waals surface area contributed by atoms with E-state index in [1.54, 1.807) is 4.68 Å². The maximum Gasteiger partial charge on any atom is 0.131 e. The summed E-state index contributed by atoms with van der Waals surface area (Å²) in [6, 6.07) is 0.591. The van der Waals surface area contributed by atoms with Gasteiger partial charge in [-0.2, -0.15) is 5.10 Å². The number of aryl methyl sites for hydroxylation is 2. The average Bonchev–Trinajstić information content (AvgIpc) is 2.63. The fraction of sp³-hybridized carbons (Fsp3) is 0.812. The number of hydrogen-bond donors (Lipinski definition) is 1. The second-order valence-corrected chi connectivity index (χ2v) is 7.59. The summed E-state index contributed by atoms with van der Waals surface area (Å²) in [5, 5.41) is 8.85. The van der Waals surface area contributed by atoms with Crippen molar-refractivity contribution in [3.8, 4) is 0 Å². The molecule has 0 bridgehead atoms. The third kappa shape index (κ3) is 4.44. The number of aromatic nitrogens is 2. The lowest BCUT2D eigenvalue weighted by molar-refractivity contribution is 0.131. The van der Waals surface area contributed by atoms with Gasteiger partial charge in [0, 0.05) is 37.3 Å². The van der Waals surface area contributed by atoms with Crippen molar-refractivity contribution in [1.82, 2.24) is 20.0 Å². The van der Waals surface area contributed by atoms with E-state index in [9.17, 15) is 0 Å². The van der Waals surface area contributed by atoms with Crippen molar-refractivity contribution in [2.75, 3.05) is 13.1 Å². The van der Waals surface area contributed by atoms with Crippen LogP contribution in [-0.4, -0.2) is 39.4 Å². The Bertz CT molecular complexity index is 475. The van der Waals surface area contributed by atoms with Crippen LogP contribution in [0.5, 0.6) is 0 Å². The smallest absolute Gasteiger partial charge is 0.131 e. The Balaban J connectivity index is 2.05. The molecule has 0 spiro atoms. The number of halogens is 1. The minimum Gasteiger partial charge on any atom is -0.311 e. The Morgan fingerprint density at radius 1 is 1.33 bits per heavy atom. The summed E-state index contributed by atoms with van der Waals surface area (Å²) in [4.78, 5) is 2.57. The van der Waals surface area contributed by atoms with Crippen LogP contribution in [0.3, 0.4) is 0 Å². The first-order valence-corrected chi connectivity index (χ1v) is 8.33. The Morgan fingerprint density at radius 3 is 2.62 bits per heavy atom. The SMILES string of the molecule is Cc1nn(C)c(Cl)c1CN1CCCCC1CNC(C)(C)C. The molecule has 0 amide bonds. The molecule has 1 unspecified atom stereocenters. The van der Waals surface area contributed by atoms with E-state index in [1.165, 1.54) is 24.8 Å².